The van der Waals surface area contributed by atoms with Gasteiger partial charge in [-0.2, -0.15) is 0 Å². The maximum absolute atomic E-state index is 5.88. The molecular weight excluding hydrogens is 350 g/mol. The summed E-state index contributed by atoms with van der Waals surface area (Å²) in [5.41, 5.74) is 5.88. The topological polar surface area (TPSA) is 51.4 Å². The normalized spacial score (nSPS) is 22.6. The maximum Gasteiger partial charge on any atom is 0.143 e. The number of pyridine rings is 1. The molecule has 2 atom stereocenters. The van der Waals surface area contributed by atoms with E-state index < -0.39 is 0 Å². The number of hydrogen-bond donors (Lipinski definition) is 1. The second kappa shape index (κ2) is 5.65. The minimum absolute atomic E-state index is 0.0343. The molecule has 0 saturated carbocycles. The number of anilines is 1. The van der Waals surface area contributed by atoms with E-state index in [1.807, 2.05) is 13.0 Å². The summed E-state index contributed by atoms with van der Waals surface area (Å²) in [7, 11) is 0. The number of morpholine rings is 1. The Morgan fingerprint density at radius 3 is 3.00 bits per heavy atom. The third-order valence-electron chi connectivity index (χ3n) is 2.77. The monoisotopic (exact) mass is 363 g/mol. The van der Waals surface area contributed by atoms with E-state index in [9.17, 15) is 0 Å². The highest BCUT2D eigenvalue weighted by molar-refractivity contribution is 9.11. The molecule has 2 heterocycles. The summed E-state index contributed by atoms with van der Waals surface area (Å²) in [6, 6.07) is 2.03. The Morgan fingerprint density at radius 2 is 2.35 bits per heavy atom. The number of nitrogens with two attached hydrogens (primary N) is 1. The Balaban J connectivity index is 2.16. The van der Waals surface area contributed by atoms with Crippen molar-refractivity contribution in [1.29, 1.82) is 0 Å². The second-order valence-corrected chi connectivity index (χ2v) is 5.94. The molecule has 2 rings (SSSR count). The quantitative estimate of drug-likeness (QED) is 0.873. The Morgan fingerprint density at radius 1 is 1.59 bits per heavy atom. The van der Waals surface area contributed by atoms with Crippen molar-refractivity contribution in [2.75, 3.05) is 24.6 Å². The van der Waals surface area contributed by atoms with Crippen LogP contribution < -0.4 is 10.6 Å². The highest BCUT2D eigenvalue weighted by Gasteiger charge is 2.25. The molecule has 0 aliphatic carbocycles. The number of hydrogen-bond acceptors (Lipinski definition) is 4. The van der Waals surface area contributed by atoms with Crippen LogP contribution in [0.25, 0.3) is 0 Å². The van der Waals surface area contributed by atoms with Crippen molar-refractivity contribution in [3.63, 3.8) is 0 Å². The van der Waals surface area contributed by atoms with E-state index in [2.05, 4.69) is 41.7 Å². The summed E-state index contributed by atoms with van der Waals surface area (Å²) < 4.78 is 7.58. The first-order chi connectivity index (χ1) is 8.08. The highest BCUT2D eigenvalue weighted by Crippen LogP contribution is 2.28. The number of rotatable bonds is 2. The number of nitrogens with zero attached hydrogens (tertiary/aromatic N) is 2. The molecule has 1 aliphatic heterocycles. The molecule has 2 N–H and O–H groups in total. The van der Waals surface area contributed by atoms with Crippen LogP contribution in [0.5, 0.6) is 0 Å². The predicted molar refractivity (Wildman–Crippen MR) is 75.2 cm³/mol. The highest BCUT2D eigenvalue weighted by atomic mass is 79.9. The van der Waals surface area contributed by atoms with Gasteiger partial charge in [0.25, 0.3) is 0 Å². The lowest BCUT2D eigenvalue weighted by atomic mass is 10.1. The third-order valence-corrected chi connectivity index (χ3v) is 3.79. The first-order valence-electron chi connectivity index (χ1n) is 5.51. The number of halogens is 2. The van der Waals surface area contributed by atoms with Gasteiger partial charge in [0.2, 0.25) is 0 Å². The SMILES string of the molecule is CC(N)C1CN(c2ncc(Br)cc2Br)CCO1. The minimum atomic E-state index is 0.0343. The average molecular weight is 365 g/mol. The van der Waals surface area contributed by atoms with Crippen molar-refractivity contribution >= 4 is 37.7 Å². The average Bonchev–Trinajstić information content (AvgIpc) is 2.29. The van der Waals surface area contributed by atoms with Gasteiger partial charge in [-0.25, -0.2) is 4.98 Å². The molecular formula is C11H15Br2N3O. The third kappa shape index (κ3) is 3.19. The lowest BCUT2D eigenvalue weighted by Gasteiger charge is -2.35. The molecule has 0 bridgehead atoms. The lowest BCUT2D eigenvalue weighted by molar-refractivity contribution is 0.0273. The smallest absolute Gasteiger partial charge is 0.143 e. The predicted octanol–water partition coefficient (Wildman–Crippen LogP) is 2.16. The van der Waals surface area contributed by atoms with Crippen molar-refractivity contribution in [1.82, 2.24) is 4.98 Å². The van der Waals surface area contributed by atoms with E-state index >= 15 is 0 Å². The van der Waals surface area contributed by atoms with Gasteiger partial charge in [0.05, 0.1) is 17.2 Å². The number of aromatic nitrogens is 1. The maximum atomic E-state index is 5.88. The molecule has 0 spiro atoms. The van der Waals surface area contributed by atoms with Crippen LogP contribution in [0.4, 0.5) is 5.82 Å². The zero-order valence-electron chi connectivity index (χ0n) is 9.57. The van der Waals surface area contributed by atoms with Gasteiger partial charge in [-0.05, 0) is 44.8 Å². The van der Waals surface area contributed by atoms with E-state index in [1.54, 1.807) is 6.20 Å². The van der Waals surface area contributed by atoms with E-state index in [-0.39, 0.29) is 12.1 Å². The molecule has 0 aromatic carbocycles. The summed E-state index contributed by atoms with van der Waals surface area (Å²) in [6.45, 7) is 4.29. The Kier molecular flexibility index (Phi) is 4.41. The zero-order valence-corrected chi connectivity index (χ0v) is 12.7. The van der Waals surface area contributed by atoms with Crippen LogP contribution in [-0.4, -0.2) is 36.8 Å². The molecule has 1 aromatic rings. The summed E-state index contributed by atoms with van der Waals surface area (Å²) in [5.74, 6) is 0.946. The van der Waals surface area contributed by atoms with Gasteiger partial charge < -0.3 is 15.4 Å². The first-order valence-corrected chi connectivity index (χ1v) is 7.09. The van der Waals surface area contributed by atoms with Crippen LogP contribution in [0.3, 0.4) is 0 Å². The molecule has 0 amide bonds. The fourth-order valence-corrected chi connectivity index (χ4v) is 3.06. The Hall–Kier alpha value is -0.170. The lowest BCUT2D eigenvalue weighted by Crippen LogP contribution is -2.50. The van der Waals surface area contributed by atoms with Crippen LogP contribution in [0.1, 0.15) is 6.92 Å². The van der Waals surface area contributed by atoms with Gasteiger partial charge >= 0.3 is 0 Å². The molecule has 94 valence electrons. The standard InChI is InChI=1S/C11H15Br2N3O/c1-7(14)10-6-16(2-3-17-10)11-9(13)4-8(12)5-15-11/h4-5,7,10H,2-3,6,14H2,1H3. The molecule has 2 unspecified atom stereocenters. The van der Waals surface area contributed by atoms with Crippen molar-refractivity contribution in [2.45, 2.75) is 19.1 Å². The van der Waals surface area contributed by atoms with E-state index in [0.717, 1.165) is 27.9 Å². The van der Waals surface area contributed by atoms with Crippen LogP contribution in [0, 0.1) is 0 Å². The zero-order chi connectivity index (χ0) is 12.4. The Bertz CT molecular complexity index is 400. The van der Waals surface area contributed by atoms with Crippen molar-refractivity contribution < 1.29 is 4.74 Å². The van der Waals surface area contributed by atoms with Gasteiger partial charge in [0.1, 0.15) is 5.82 Å². The Labute approximate surface area is 118 Å². The molecule has 4 nitrogen and oxygen atoms in total. The summed E-state index contributed by atoms with van der Waals surface area (Å²) in [6.07, 6.45) is 1.87. The first kappa shape index (κ1) is 13.3. The molecule has 17 heavy (non-hydrogen) atoms. The summed E-state index contributed by atoms with van der Waals surface area (Å²) in [4.78, 5) is 6.63. The van der Waals surface area contributed by atoms with Crippen LogP contribution in [0.2, 0.25) is 0 Å². The van der Waals surface area contributed by atoms with Gasteiger partial charge in [-0.3, -0.25) is 0 Å². The molecule has 1 fully saturated rings. The van der Waals surface area contributed by atoms with E-state index in [0.29, 0.717) is 6.61 Å². The molecule has 1 aliphatic rings. The summed E-state index contributed by atoms with van der Waals surface area (Å²) in [5, 5.41) is 0. The molecule has 0 radical (unpaired) electrons. The van der Waals surface area contributed by atoms with Gasteiger partial charge in [-0.15, -0.1) is 0 Å². The number of ether oxygens (including phenoxy) is 1. The van der Waals surface area contributed by atoms with Crippen molar-refractivity contribution in [3.05, 3.63) is 21.2 Å². The molecule has 1 saturated heterocycles. The second-order valence-electron chi connectivity index (χ2n) is 4.17. The minimum Gasteiger partial charge on any atom is -0.373 e. The summed E-state index contributed by atoms with van der Waals surface area (Å²) >= 11 is 6.93. The van der Waals surface area contributed by atoms with E-state index in [4.69, 9.17) is 10.5 Å². The largest absolute Gasteiger partial charge is 0.373 e. The van der Waals surface area contributed by atoms with Gasteiger partial charge in [0.15, 0.2) is 0 Å². The van der Waals surface area contributed by atoms with Crippen LogP contribution in [0.15, 0.2) is 21.2 Å². The molecule has 6 heteroatoms. The van der Waals surface area contributed by atoms with Crippen LogP contribution >= 0.6 is 31.9 Å². The van der Waals surface area contributed by atoms with Crippen molar-refractivity contribution in [3.8, 4) is 0 Å². The van der Waals surface area contributed by atoms with Gasteiger partial charge in [-0.1, -0.05) is 0 Å². The molecule has 1 aromatic heterocycles. The fraction of sp³-hybridized carbons (Fsp3) is 0.545. The van der Waals surface area contributed by atoms with Gasteiger partial charge in [0, 0.05) is 29.8 Å². The fourth-order valence-electron chi connectivity index (χ4n) is 1.83. The van der Waals surface area contributed by atoms with Crippen LogP contribution in [-0.2, 0) is 4.74 Å². The van der Waals surface area contributed by atoms with Crippen molar-refractivity contribution in [2.24, 2.45) is 5.73 Å². The van der Waals surface area contributed by atoms with E-state index in [1.165, 1.54) is 0 Å².